The summed E-state index contributed by atoms with van der Waals surface area (Å²) in [4.78, 5) is 12.9. The molecule has 1 aliphatic rings. The Kier molecular flexibility index (Phi) is 4.97. The number of rotatable bonds is 5. The van der Waals surface area contributed by atoms with E-state index in [1.165, 1.54) is 0 Å². The third-order valence-electron chi connectivity index (χ3n) is 4.64. The van der Waals surface area contributed by atoms with E-state index in [0.29, 0.717) is 0 Å². The van der Waals surface area contributed by atoms with Gasteiger partial charge >= 0.3 is 0 Å². The molecular formula is C20H22O4. The molecule has 0 aliphatic heterocycles. The molecule has 0 N–H and O–H groups in total. The van der Waals surface area contributed by atoms with Gasteiger partial charge in [-0.1, -0.05) is 24.3 Å². The van der Waals surface area contributed by atoms with Gasteiger partial charge < -0.3 is 14.2 Å². The zero-order valence-electron chi connectivity index (χ0n) is 14.2. The minimum atomic E-state index is -0.380. The van der Waals surface area contributed by atoms with Crippen LogP contribution in [-0.2, 0) is 15.9 Å². The van der Waals surface area contributed by atoms with E-state index in [4.69, 9.17) is 14.2 Å². The van der Waals surface area contributed by atoms with Crippen molar-refractivity contribution >= 4 is 5.78 Å². The highest BCUT2D eigenvalue weighted by molar-refractivity contribution is 6.03. The maximum absolute atomic E-state index is 12.9. The second kappa shape index (κ2) is 7.16. The van der Waals surface area contributed by atoms with Crippen molar-refractivity contribution in [3.05, 3.63) is 64.7 Å². The quantitative estimate of drug-likeness (QED) is 0.782. The molecule has 0 spiro atoms. The number of hydrogen-bond donors (Lipinski definition) is 0. The predicted molar refractivity (Wildman–Crippen MR) is 91.6 cm³/mol. The van der Waals surface area contributed by atoms with Gasteiger partial charge in [-0.15, -0.1) is 0 Å². The van der Waals surface area contributed by atoms with E-state index in [0.717, 1.165) is 40.8 Å². The van der Waals surface area contributed by atoms with Crippen LogP contribution in [0.5, 0.6) is 5.75 Å². The summed E-state index contributed by atoms with van der Waals surface area (Å²) in [7, 11) is 4.86. The fraction of sp³-hybridized carbons (Fsp3) is 0.350. The van der Waals surface area contributed by atoms with Crippen LogP contribution in [0.4, 0.5) is 0 Å². The van der Waals surface area contributed by atoms with Crippen LogP contribution in [0.25, 0.3) is 0 Å². The van der Waals surface area contributed by atoms with E-state index in [2.05, 4.69) is 0 Å². The number of methoxy groups -OCH3 is 3. The lowest BCUT2D eigenvalue weighted by Crippen LogP contribution is -2.21. The molecule has 2 aromatic rings. The lowest BCUT2D eigenvalue weighted by molar-refractivity contribution is -0.106. The van der Waals surface area contributed by atoms with Gasteiger partial charge in [-0.3, -0.25) is 4.79 Å². The van der Waals surface area contributed by atoms with E-state index < -0.39 is 0 Å². The summed E-state index contributed by atoms with van der Waals surface area (Å²) in [6.45, 7) is 0. The van der Waals surface area contributed by atoms with Crippen LogP contribution in [0, 0.1) is 0 Å². The zero-order valence-corrected chi connectivity index (χ0v) is 14.2. The fourth-order valence-corrected chi connectivity index (χ4v) is 3.33. The monoisotopic (exact) mass is 326 g/mol. The molecule has 1 aliphatic carbocycles. The van der Waals surface area contributed by atoms with E-state index in [9.17, 15) is 4.79 Å². The Labute approximate surface area is 142 Å². The van der Waals surface area contributed by atoms with Crippen molar-refractivity contribution in [2.45, 2.75) is 25.0 Å². The summed E-state index contributed by atoms with van der Waals surface area (Å²) >= 11 is 0. The van der Waals surface area contributed by atoms with Crippen molar-refractivity contribution < 1.29 is 19.0 Å². The fourth-order valence-electron chi connectivity index (χ4n) is 3.33. The molecule has 0 aromatic heterocycles. The second-order valence-corrected chi connectivity index (χ2v) is 5.95. The summed E-state index contributed by atoms with van der Waals surface area (Å²) in [5, 5.41) is 0. The van der Waals surface area contributed by atoms with Crippen molar-refractivity contribution in [1.29, 1.82) is 0 Å². The van der Waals surface area contributed by atoms with E-state index in [1.807, 2.05) is 42.5 Å². The highest BCUT2D eigenvalue weighted by atomic mass is 16.7. The average molecular weight is 326 g/mol. The van der Waals surface area contributed by atoms with Gasteiger partial charge in [0.1, 0.15) is 5.75 Å². The molecule has 0 saturated carbocycles. The van der Waals surface area contributed by atoms with Crippen LogP contribution in [0.15, 0.2) is 42.5 Å². The summed E-state index contributed by atoms with van der Waals surface area (Å²) in [6.07, 6.45) is 1.31. The normalized spacial score (nSPS) is 17.0. The zero-order chi connectivity index (χ0) is 17.1. The minimum absolute atomic E-state index is 0.0940. The Bertz CT molecular complexity index is 717. The first-order valence-electron chi connectivity index (χ1n) is 8.04. The van der Waals surface area contributed by atoms with E-state index in [1.54, 1.807) is 21.3 Å². The number of ether oxygens (including phenoxy) is 3. The maximum atomic E-state index is 12.9. The van der Waals surface area contributed by atoms with Gasteiger partial charge in [0, 0.05) is 31.3 Å². The minimum Gasteiger partial charge on any atom is -0.497 e. The summed E-state index contributed by atoms with van der Waals surface area (Å²) in [6, 6.07) is 13.6. The van der Waals surface area contributed by atoms with Gasteiger partial charge in [-0.05, 0) is 42.2 Å². The third-order valence-corrected chi connectivity index (χ3v) is 4.64. The molecule has 0 saturated heterocycles. The largest absolute Gasteiger partial charge is 0.497 e. The first kappa shape index (κ1) is 16.7. The van der Waals surface area contributed by atoms with Crippen molar-refractivity contribution in [3.63, 3.8) is 0 Å². The molecule has 4 heteroatoms. The van der Waals surface area contributed by atoms with E-state index in [-0.39, 0.29) is 18.0 Å². The van der Waals surface area contributed by atoms with Gasteiger partial charge in [0.2, 0.25) is 0 Å². The van der Waals surface area contributed by atoms with Gasteiger partial charge in [0.25, 0.3) is 0 Å². The molecule has 0 amide bonds. The Morgan fingerprint density at radius 3 is 2.33 bits per heavy atom. The lowest BCUT2D eigenvalue weighted by Gasteiger charge is -2.24. The third kappa shape index (κ3) is 3.07. The van der Waals surface area contributed by atoms with Crippen LogP contribution in [-0.4, -0.2) is 27.1 Å². The molecule has 4 nitrogen and oxygen atoms in total. The highest BCUT2D eigenvalue weighted by Gasteiger charge is 2.29. The molecule has 126 valence electrons. The molecular weight excluding hydrogens is 304 g/mol. The summed E-state index contributed by atoms with van der Waals surface area (Å²) in [5.41, 5.74) is 3.86. The van der Waals surface area contributed by atoms with Crippen LogP contribution in [0.2, 0.25) is 0 Å². The summed E-state index contributed by atoms with van der Waals surface area (Å²) in [5.74, 6) is 0.889. The smallest absolute Gasteiger partial charge is 0.183 e. The standard InChI is InChI=1S/C20H22O4/c1-22-16-9-11-18-15(12-16)8-10-17(19(18)21)13-4-6-14(7-5-13)20(23-2)24-3/h4-7,9,11-12,17,20H,8,10H2,1-3H3. The molecule has 0 radical (unpaired) electrons. The van der Waals surface area contributed by atoms with Crippen molar-refractivity contribution in [2.24, 2.45) is 0 Å². The first-order chi connectivity index (χ1) is 11.7. The highest BCUT2D eigenvalue weighted by Crippen LogP contribution is 2.34. The number of ketones is 1. The molecule has 0 fully saturated rings. The average Bonchev–Trinajstić information content (AvgIpc) is 2.63. The maximum Gasteiger partial charge on any atom is 0.183 e. The van der Waals surface area contributed by atoms with Gasteiger partial charge in [-0.2, -0.15) is 0 Å². The molecule has 0 heterocycles. The Hall–Kier alpha value is -2.17. The summed E-state index contributed by atoms with van der Waals surface area (Å²) < 4.78 is 15.8. The van der Waals surface area contributed by atoms with Crippen LogP contribution in [0.3, 0.4) is 0 Å². The Balaban J connectivity index is 1.84. The number of fused-ring (bicyclic) bond motifs is 1. The molecule has 0 bridgehead atoms. The number of benzene rings is 2. The molecule has 2 aromatic carbocycles. The predicted octanol–water partition coefficient (Wildman–Crippen LogP) is 3.90. The Morgan fingerprint density at radius 1 is 1.00 bits per heavy atom. The van der Waals surface area contributed by atoms with Gasteiger partial charge in [0.15, 0.2) is 12.1 Å². The van der Waals surface area contributed by atoms with Crippen molar-refractivity contribution in [1.82, 2.24) is 0 Å². The first-order valence-corrected chi connectivity index (χ1v) is 8.04. The van der Waals surface area contributed by atoms with Crippen LogP contribution >= 0.6 is 0 Å². The number of aryl methyl sites for hydroxylation is 1. The van der Waals surface area contributed by atoms with E-state index >= 15 is 0 Å². The van der Waals surface area contributed by atoms with Crippen molar-refractivity contribution in [3.8, 4) is 5.75 Å². The molecule has 24 heavy (non-hydrogen) atoms. The Morgan fingerprint density at radius 2 is 1.71 bits per heavy atom. The number of hydrogen-bond acceptors (Lipinski definition) is 4. The number of carbonyl (C=O) groups is 1. The number of Topliss-reactive ketones (excluding diaryl/α,β-unsaturated/α-hetero) is 1. The topological polar surface area (TPSA) is 44.8 Å². The SMILES string of the molecule is COc1ccc2c(c1)CCC(c1ccc(C(OC)OC)cc1)C2=O. The van der Waals surface area contributed by atoms with Crippen molar-refractivity contribution in [2.75, 3.05) is 21.3 Å². The second-order valence-electron chi connectivity index (χ2n) is 5.95. The molecule has 3 rings (SSSR count). The molecule has 1 atom stereocenters. The van der Waals surface area contributed by atoms with Gasteiger partial charge in [0.05, 0.1) is 7.11 Å². The molecule has 1 unspecified atom stereocenters. The van der Waals surface area contributed by atoms with Crippen LogP contribution < -0.4 is 4.74 Å². The number of carbonyl (C=O) groups excluding carboxylic acids is 1. The van der Waals surface area contributed by atoms with Gasteiger partial charge in [-0.25, -0.2) is 0 Å². The lowest BCUT2D eigenvalue weighted by atomic mass is 9.79. The van der Waals surface area contributed by atoms with Crippen LogP contribution in [0.1, 0.15) is 45.7 Å².